The van der Waals surface area contributed by atoms with Crippen molar-refractivity contribution < 1.29 is 14.2 Å². The van der Waals surface area contributed by atoms with Crippen molar-refractivity contribution in [1.82, 2.24) is 4.98 Å². The highest BCUT2D eigenvalue weighted by atomic mass is 35.5. The SMILES string of the molecule is OCCc1ccccc1Oc1ncc(Cl)cc1F. The van der Waals surface area contributed by atoms with E-state index in [9.17, 15) is 4.39 Å². The molecule has 0 radical (unpaired) electrons. The number of aliphatic hydroxyl groups excluding tert-OH is 1. The number of halogens is 2. The maximum absolute atomic E-state index is 13.5. The monoisotopic (exact) mass is 267 g/mol. The predicted molar refractivity (Wildman–Crippen MR) is 66.5 cm³/mol. The Kier molecular flexibility index (Phi) is 4.12. The third-order valence-corrected chi connectivity index (χ3v) is 2.54. The van der Waals surface area contributed by atoms with Crippen LogP contribution in [0.3, 0.4) is 0 Å². The zero-order valence-corrected chi connectivity index (χ0v) is 10.2. The minimum absolute atomic E-state index is 0.00307. The van der Waals surface area contributed by atoms with Crippen molar-refractivity contribution in [3.8, 4) is 11.6 Å². The summed E-state index contributed by atoms with van der Waals surface area (Å²) in [6.07, 6.45) is 1.75. The van der Waals surface area contributed by atoms with Crippen molar-refractivity contribution in [1.29, 1.82) is 0 Å². The average molecular weight is 268 g/mol. The number of hydrogen-bond donors (Lipinski definition) is 1. The molecule has 94 valence electrons. The highest BCUT2D eigenvalue weighted by Crippen LogP contribution is 2.27. The molecule has 2 aromatic rings. The molecule has 0 aliphatic rings. The average Bonchev–Trinajstić information content (AvgIpc) is 2.35. The number of nitrogens with zero attached hydrogens (tertiary/aromatic N) is 1. The Bertz CT molecular complexity index is 548. The van der Waals surface area contributed by atoms with Gasteiger partial charge in [0.15, 0.2) is 5.82 Å². The van der Waals surface area contributed by atoms with Gasteiger partial charge in [0.1, 0.15) is 5.75 Å². The minimum Gasteiger partial charge on any atom is -0.436 e. The van der Waals surface area contributed by atoms with E-state index in [0.717, 1.165) is 11.6 Å². The van der Waals surface area contributed by atoms with Crippen LogP contribution in [0.25, 0.3) is 0 Å². The van der Waals surface area contributed by atoms with Gasteiger partial charge in [0.2, 0.25) is 0 Å². The smallest absolute Gasteiger partial charge is 0.255 e. The number of aromatic nitrogens is 1. The summed E-state index contributed by atoms with van der Waals surface area (Å²) in [5, 5.41) is 9.15. The first kappa shape index (κ1) is 12.8. The highest BCUT2D eigenvalue weighted by Gasteiger charge is 2.09. The molecular weight excluding hydrogens is 257 g/mol. The number of rotatable bonds is 4. The van der Waals surface area contributed by atoms with E-state index >= 15 is 0 Å². The van der Waals surface area contributed by atoms with Crippen molar-refractivity contribution in [2.75, 3.05) is 6.61 Å². The molecule has 18 heavy (non-hydrogen) atoms. The molecular formula is C13H11ClFNO2. The molecule has 0 bridgehead atoms. The molecule has 0 saturated carbocycles. The third-order valence-electron chi connectivity index (χ3n) is 2.33. The van der Waals surface area contributed by atoms with Crippen LogP contribution in [0.4, 0.5) is 4.39 Å². The summed E-state index contributed by atoms with van der Waals surface area (Å²) in [5.41, 5.74) is 0.788. The normalized spacial score (nSPS) is 10.4. The lowest BCUT2D eigenvalue weighted by Gasteiger charge is -2.10. The molecule has 2 rings (SSSR count). The molecule has 1 aromatic carbocycles. The Balaban J connectivity index is 2.28. The van der Waals surface area contributed by atoms with Gasteiger partial charge in [-0.2, -0.15) is 0 Å². The highest BCUT2D eigenvalue weighted by molar-refractivity contribution is 6.30. The predicted octanol–water partition coefficient (Wildman–Crippen LogP) is 3.20. The van der Waals surface area contributed by atoms with E-state index in [1.165, 1.54) is 6.20 Å². The molecule has 5 heteroatoms. The Hall–Kier alpha value is -1.65. The van der Waals surface area contributed by atoms with Crippen LogP contribution in [0.15, 0.2) is 36.5 Å². The first-order valence-corrected chi connectivity index (χ1v) is 5.76. The van der Waals surface area contributed by atoms with E-state index in [4.69, 9.17) is 21.4 Å². The van der Waals surface area contributed by atoms with Crippen molar-refractivity contribution >= 4 is 11.6 Å². The number of pyridine rings is 1. The summed E-state index contributed by atoms with van der Waals surface area (Å²) in [7, 11) is 0. The van der Waals surface area contributed by atoms with Crippen LogP contribution in [0.2, 0.25) is 5.02 Å². The summed E-state index contributed by atoms with van der Waals surface area (Å²) in [4.78, 5) is 3.78. The molecule has 1 aromatic heterocycles. The Labute approximate surface area is 109 Å². The second-order valence-corrected chi connectivity index (χ2v) is 4.06. The van der Waals surface area contributed by atoms with Crippen LogP contribution in [0, 0.1) is 5.82 Å². The van der Waals surface area contributed by atoms with Gasteiger partial charge in [-0.3, -0.25) is 0 Å². The molecule has 0 fully saturated rings. The zero-order chi connectivity index (χ0) is 13.0. The number of para-hydroxylation sites is 1. The lowest BCUT2D eigenvalue weighted by atomic mass is 10.1. The molecule has 1 heterocycles. The molecule has 3 nitrogen and oxygen atoms in total. The summed E-state index contributed by atoms with van der Waals surface area (Å²) >= 11 is 5.61. The first-order chi connectivity index (χ1) is 8.70. The maximum atomic E-state index is 13.5. The van der Waals surface area contributed by atoms with Crippen molar-refractivity contribution in [3.05, 3.63) is 52.9 Å². The second-order valence-electron chi connectivity index (χ2n) is 3.62. The van der Waals surface area contributed by atoms with Gasteiger partial charge in [-0.15, -0.1) is 0 Å². The molecule has 0 saturated heterocycles. The fourth-order valence-corrected chi connectivity index (χ4v) is 1.66. The lowest BCUT2D eigenvalue weighted by Crippen LogP contribution is -1.97. The van der Waals surface area contributed by atoms with Gasteiger partial charge >= 0.3 is 0 Å². The van der Waals surface area contributed by atoms with Crippen LogP contribution in [0.1, 0.15) is 5.56 Å². The third kappa shape index (κ3) is 2.97. The van der Waals surface area contributed by atoms with E-state index in [1.807, 2.05) is 6.07 Å². The van der Waals surface area contributed by atoms with Gasteiger partial charge < -0.3 is 9.84 Å². The van der Waals surface area contributed by atoms with Crippen molar-refractivity contribution in [2.24, 2.45) is 0 Å². The van der Waals surface area contributed by atoms with Gasteiger partial charge in [0.25, 0.3) is 5.88 Å². The number of aliphatic hydroxyl groups is 1. The number of ether oxygens (including phenoxy) is 1. The van der Waals surface area contributed by atoms with Gasteiger partial charge in [-0.1, -0.05) is 29.8 Å². The van der Waals surface area contributed by atoms with Crippen LogP contribution >= 0.6 is 11.6 Å². The second kappa shape index (κ2) is 5.80. The summed E-state index contributed by atoms with van der Waals surface area (Å²) in [6, 6.07) is 8.23. The summed E-state index contributed by atoms with van der Waals surface area (Å²) in [6.45, 7) is -0.00307. The standard InChI is InChI=1S/C13H11ClFNO2/c14-10-7-11(15)13(16-8-10)18-12-4-2-1-3-9(12)5-6-17/h1-4,7-8,17H,5-6H2. The fraction of sp³-hybridized carbons (Fsp3) is 0.154. The minimum atomic E-state index is -0.624. The molecule has 0 aliphatic carbocycles. The van der Waals surface area contributed by atoms with E-state index in [0.29, 0.717) is 12.2 Å². The van der Waals surface area contributed by atoms with Gasteiger partial charge in [0.05, 0.1) is 5.02 Å². The molecule has 0 aliphatic heterocycles. The first-order valence-electron chi connectivity index (χ1n) is 5.38. The van der Waals surface area contributed by atoms with Gasteiger partial charge in [0, 0.05) is 12.8 Å². The topological polar surface area (TPSA) is 42.4 Å². The van der Waals surface area contributed by atoms with E-state index < -0.39 is 5.82 Å². The fourth-order valence-electron chi connectivity index (χ4n) is 1.51. The van der Waals surface area contributed by atoms with Gasteiger partial charge in [-0.05, 0) is 24.1 Å². The van der Waals surface area contributed by atoms with Crippen molar-refractivity contribution in [3.63, 3.8) is 0 Å². The summed E-state index contributed by atoms with van der Waals surface area (Å²) < 4.78 is 18.9. The number of benzene rings is 1. The van der Waals surface area contributed by atoms with Crippen LogP contribution in [-0.4, -0.2) is 16.7 Å². The number of hydrogen-bond acceptors (Lipinski definition) is 3. The molecule has 0 unspecified atom stereocenters. The largest absolute Gasteiger partial charge is 0.436 e. The van der Waals surface area contributed by atoms with Crippen LogP contribution < -0.4 is 4.74 Å². The molecule has 0 atom stereocenters. The van der Waals surface area contributed by atoms with E-state index in [2.05, 4.69) is 4.98 Å². The summed E-state index contributed by atoms with van der Waals surface area (Å²) in [5.74, 6) is -0.286. The Morgan fingerprint density at radius 2 is 2.11 bits per heavy atom. The zero-order valence-electron chi connectivity index (χ0n) is 9.44. The Morgan fingerprint density at radius 1 is 1.33 bits per heavy atom. The van der Waals surface area contributed by atoms with Crippen LogP contribution in [0.5, 0.6) is 11.6 Å². The van der Waals surface area contributed by atoms with E-state index in [-0.39, 0.29) is 17.5 Å². The van der Waals surface area contributed by atoms with Crippen LogP contribution in [-0.2, 0) is 6.42 Å². The molecule has 0 spiro atoms. The molecule has 1 N–H and O–H groups in total. The van der Waals surface area contributed by atoms with Crippen molar-refractivity contribution in [2.45, 2.75) is 6.42 Å². The van der Waals surface area contributed by atoms with E-state index in [1.54, 1.807) is 18.2 Å². The molecule has 0 amide bonds. The Morgan fingerprint density at radius 3 is 2.83 bits per heavy atom. The lowest BCUT2D eigenvalue weighted by molar-refractivity contribution is 0.297. The quantitative estimate of drug-likeness (QED) is 0.925. The van der Waals surface area contributed by atoms with Gasteiger partial charge in [-0.25, -0.2) is 9.37 Å². The maximum Gasteiger partial charge on any atom is 0.255 e.